The molecule has 2 N–H and O–H groups in total. The van der Waals surface area contributed by atoms with Crippen LogP contribution < -0.4 is 10.6 Å². The summed E-state index contributed by atoms with van der Waals surface area (Å²) in [5, 5.41) is 9.50. The maximum Gasteiger partial charge on any atom is 0.229 e. The van der Waals surface area contributed by atoms with Crippen LogP contribution in [0.15, 0.2) is 17.8 Å². The zero-order valence-corrected chi connectivity index (χ0v) is 14.1. The number of anilines is 2. The molecule has 122 valence electrons. The van der Waals surface area contributed by atoms with Gasteiger partial charge in [0.1, 0.15) is 11.6 Å². The van der Waals surface area contributed by atoms with Crippen LogP contribution in [0.1, 0.15) is 30.4 Å². The summed E-state index contributed by atoms with van der Waals surface area (Å²) in [5.74, 6) is 3.58. The third-order valence-electron chi connectivity index (χ3n) is 3.42. The van der Waals surface area contributed by atoms with Gasteiger partial charge in [-0.1, -0.05) is 17.8 Å². The van der Waals surface area contributed by atoms with E-state index < -0.39 is 0 Å². The minimum absolute atomic E-state index is 0.227. The number of nitrogens with two attached hydrogens (primary N) is 1. The molecule has 2 aromatic heterocycles. The smallest absolute Gasteiger partial charge is 0.229 e. The number of hydrogen-bond acceptors (Lipinski definition) is 8. The van der Waals surface area contributed by atoms with E-state index in [0.29, 0.717) is 30.0 Å². The molecule has 3 rings (SSSR count). The number of hydrogen-bond donors (Lipinski definition) is 1. The normalized spacial score (nSPS) is 14.0. The maximum atomic E-state index is 5.75. The lowest BCUT2D eigenvalue weighted by Crippen LogP contribution is -2.16. The van der Waals surface area contributed by atoms with E-state index in [2.05, 4.69) is 36.3 Å². The highest BCUT2D eigenvalue weighted by Crippen LogP contribution is 2.40. The molecule has 0 bridgehead atoms. The highest BCUT2D eigenvalue weighted by molar-refractivity contribution is 7.98. The molecule has 0 spiro atoms. The van der Waals surface area contributed by atoms with Gasteiger partial charge in [0.2, 0.25) is 11.9 Å². The van der Waals surface area contributed by atoms with E-state index in [4.69, 9.17) is 5.73 Å². The number of thioether (sulfide) groups is 1. The van der Waals surface area contributed by atoms with Crippen molar-refractivity contribution in [3.8, 4) is 0 Å². The van der Waals surface area contributed by atoms with E-state index in [-0.39, 0.29) is 5.95 Å². The third kappa shape index (κ3) is 3.61. The van der Waals surface area contributed by atoms with Crippen molar-refractivity contribution in [2.45, 2.75) is 36.2 Å². The van der Waals surface area contributed by atoms with Crippen molar-refractivity contribution in [2.24, 2.45) is 0 Å². The molecule has 9 heteroatoms. The van der Waals surface area contributed by atoms with Gasteiger partial charge in [0.15, 0.2) is 5.16 Å². The van der Waals surface area contributed by atoms with E-state index in [0.717, 1.165) is 11.0 Å². The number of allylic oxidation sites excluding steroid dienone is 1. The quantitative estimate of drug-likeness (QED) is 0.601. The van der Waals surface area contributed by atoms with Gasteiger partial charge in [-0.25, -0.2) is 0 Å². The summed E-state index contributed by atoms with van der Waals surface area (Å²) in [4.78, 5) is 14.5. The molecule has 1 saturated carbocycles. The molecule has 0 amide bonds. The lowest BCUT2D eigenvalue weighted by atomic mass is 10.4. The third-order valence-corrected chi connectivity index (χ3v) is 4.38. The monoisotopic (exact) mass is 332 g/mol. The summed E-state index contributed by atoms with van der Waals surface area (Å²) in [6, 6.07) is 0. The molecule has 2 aromatic rings. The van der Waals surface area contributed by atoms with Gasteiger partial charge in [-0.05, 0) is 12.8 Å². The predicted molar refractivity (Wildman–Crippen MR) is 90.3 cm³/mol. The Hall–Kier alpha value is -2.16. The van der Waals surface area contributed by atoms with Crippen LogP contribution >= 0.6 is 11.8 Å². The Labute approximate surface area is 139 Å². The molecule has 0 aliphatic heterocycles. The van der Waals surface area contributed by atoms with Crippen LogP contribution in [0.4, 0.5) is 11.9 Å². The van der Waals surface area contributed by atoms with Crippen LogP contribution in [0.5, 0.6) is 0 Å². The average Bonchev–Trinajstić information content (AvgIpc) is 3.28. The number of nitrogen functional groups attached to an aromatic ring is 1. The van der Waals surface area contributed by atoms with Gasteiger partial charge >= 0.3 is 0 Å². The minimum Gasteiger partial charge on any atom is -0.368 e. The molecular weight excluding hydrogens is 312 g/mol. The van der Waals surface area contributed by atoms with E-state index in [1.165, 1.54) is 12.8 Å². The standard InChI is InChI=1S/C14H20N8S/c1-4-7-22-11(9-5-6-9)19-20-14(22)23-8-10-16-12(15)18-13(17-10)21(2)3/h4,9H,1,5-8H2,2-3H3,(H2,15,16,17,18). The molecule has 8 nitrogen and oxygen atoms in total. The summed E-state index contributed by atoms with van der Waals surface area (Å²) in [6.45, 7) is 4.53. The van der Waals surface area contributed by atoms with Crippen LogP contribution in [-0.2, 0) is 12.3 Å². The first-order valence-electron chi connectivity index (χ1n) is 7.43. The summed E-state index contributed by atoms with van der Waals surface area (Å²) in [6.07, 6.45) is 4.25. The fraction of sp³-hybridized carbons (Fsp3) is 0.500. The van der Waals surface area contributed by atoms with Crippen molar-refractivity contribution >= 4 is 23.7 Å². The SMILES string of the molecule is C=CCn1c(SCc2nc(N)nc(N(C)C)n2)nnc1C1CC1. The first kappa shape index (κ1) is 15.7. The summed E-state index contributed by atoms with van der Waals surface area (Å²) >= 11 is 1.55. The first-order valence-corrected chi connectivity index (χ1v) is 8.41. The fourth-order valence-electron chi connectivity index (χ4n) is 2.17. The zero-order valence-electron chi connectivity index (χ0n) is 13.3. The van der Waals surface area contributed by atoms with Gasteiger partial charge in [-0.3, -0.25) is 0 Å². The molecule has 1 fully saturated rings. The van der Waals surface area contributed by atoms with Crippen molar-refractivity contribution in [2.75, 3.05) is 24.7 Å². The van der Waals surface area contributed by atoms with Gasteiger partial charge < -0.3 is 15.2 Å². The van der Waals surface area contributed by atoms with Crippen LogP contribution in [0, 0.1) is 0 Å². The molecule has 0 saturated heterocycles. The van der Waals surface area contributed by atoms with Gasteiger partial charge in [-0.2, -0.15) is 15.0 Å². The van der Waals surface area contributed by atoms with E-state index in [9.17, 15) is 0 Å². The molecule has 2 heterocycles. The highest BCUT2D eigenvalue weighted by Gasteiger charge is 2.30. The van der Waals surface area contributed by atoms with Crippen molar-refractivity contribution in [1.29, 1.82) is 0 Å². The maximum absolute atomic E-state index is 5.75. The Kier molecular flexibility index (Phi) is 4.46. The molecule has 1 aliphatic rings. The van der Waals surface area contributed by atoms with Crippen molar-refractivity contribution in [3.05, 3.63) is 24.3 Å². The lowest BCUT2D eigenvalue weighted by molar-refractivity contribution is 0.681. The van der Waals surface area contributed by atoms with Crippen LogP contribution in [0.3, 0.4) is 0 Å². The van der Waals surface area contributed by atoms with Crippen LogP contribution in [0.25, 0.3) is 0 Å². The molecule has 0 unspecified atom stereocenters. The Bertz CT molecular complexity index is 707. The number of nitrogens with zero attached hydrogens (tertiary/aromatic N) is 7. The Morgan fingerprint density at radius 2 is 2.09 bits per heavy atom. The minimum atomic E-state index is 0.227. The molecule has 0 radical (unpaired) electrons. The Balaban J connectivity index is 1.77. The summed E-state index contributed by atoms with van der Waals surface area (Å²) in [7, 11) is 3.74. The van der Waals surface area contributed by atoms with Gasteiger partial charge in [0.05, 0.1) is 5.75 Å². The van der Waals surface area contributed by atoms with E-state index in [1.54, 1.807) is 16.7 Å². The van der Waals surface area contributed by atoms with Crippen molar-refractivity contribution in [3.63, 3.8) is 0 Å². The zero-order chi connectivity index (χ0) is 16.4. The number of rotatable bonds is 7. The lowest BCUT2D eigenvalue weighted by Gasteiger charge is -2.11. The predicted octanol–water partition coefficient (Wildman–Crippen LogP) is 1.47. The second-order valence-corrected chi connectivity index (χ2v) is 6.55. The van der Waals surface area contributed by atoms with Gasteiger partial charge in [-0.15, -0.1) is 16.8 Å². The number of aromatic nitrogens is 6. The van der Waals surface area contributed by atoms with Gasteiger partial charge in [0.25, 0.3) is 0 Å². The Morgan fingerprint density at radius 3 is 2.74 bits per heavy atom. The summed E-state index contributed by atoms with van der Waals surface area (Å²) in [5.41, 5.74) is 5.75. The van der Waals surface area contributed by atoms with Crippen LogP contribution in [-0.4, -0.2) is 43.8 Å². The van der Waals surface area contributed by atoms with E-state index in [1.807, 2.05) is 20.2 Å². The second-order valence-electron chi connectivity index (χ2n) is 5.61. The average molecular weight is 332 g/mol. The molecule has 0 aromatic carbocycles. The largest absolute Gasteiger partial charge is 0.368 e. The Morgan fingerprint density at radius 1 is 1.30 bits per heavy atom. The molecular formula is C14H20N8S. The molecule has 1 aliphatic carbocycles. The second kappa shape index (κ2) is 6.53. The van der Waals surface area contributed by atoms with Crippen molar-refractivity contribution < 1.29 is 0 Å². The molecule has 0 atom stereocenters. The first-order chi connectivity index (χ1) is 11.1. The van der Waals surface area contributed by atoms with E-state index >= 15 is 0 Å². The van der Waals surface area contributed by atoms with Gasteiger partial charge in [0, 0.05) is 26.6 Å². The molecule has 23 heavy (non-hydrogen) atoms. The topological polar surface area (TPSA) is 98.6 Å². The fourth-order valence-corrected chi connectivity index (χ4v) is 2.98. The van der Waals surface area contributed by atoms with Crippen molar-refractivity contribution in [1.82, 2.24) is 29.7 Å². The summed E-state index contributed by atoms with van der Waals surface area (Å²) < 4.78 is 2.12. The van der Waals surface area contributed by atoms with Crippen LogP contribution in [0.2, 0.25) is 0 Å². The highest BCUT2D eigenvalue weighted by atomic mass is 32.2.